The summed E-state index contributed by atoms with van der Waals surface area (Å²) in [6, 6.07) is 7.67. The molecular formula is C27H25Cl2F3N8O3. The Morgan fingerprint density at radius 1 is 1.19 bits per heavy atom. The average Bonchev–Trinajstić information content (AvgIpc) is 3.69. The molecule has 226 valence electrons. The number of ether oxygens (including phenoxy) is 1. The molecule has 1 unspecified atom stereocenters. The van der Waals surface area contributed by atoms with Gasteiger partial charge in [0.25, 0.3) is 11.7 Å². The highest BCUT2D eigenvalue weighted by Gasteiger charge is 2.37. The zero-order chi connectivity index (χ0) is 30.9. The van der Waals surface area contributed by atoms with Crippen molar-refractivity contribution in [2.24, 2.45) is 0 Å². The van der Waals surface area contributed by atoms with Crippen molar-refractivity contribution in [3.05, 3.63) is 80.5 Å². The highest BCUT2D eigenvalue weighted by Crippen LogP contribution is 2.28. The van der Waals surface area contributed by atoms with Crippen molar-refractivity contribution in [3.63, 3.8) is 0 Å². The number of benzene rings is 1. The van der Waals surface area contributed by atoms with Gasteiger partial charge in [-0.1, -0.05) is 23.2 Å². The minimum atomic E-state index is -4.78. The van der Waals surface area contributed by atoms with Crippen LogP contribution in [0.15, 0.2) is 36.5 Å². The third-order valence-electron chi connectivity index (χ3n) is 6.94. The number of carbonyl (C=O) groups is 2. The maximum absolute atomic E-state index is 13.8. The van der Waals surface area contributed by atoms with Crippen molar-refractivity contribution in [1.29, 1.82) is 0 Å². The smallest absolute Gasteiger partial charge is 0.373 e. The van der Waals surface area contributed by atoms with Crippen LogP contribution in [0.4, 0.5) is 13.2 Å². The van der Waals surface area contributed by atoms with Gasteiger partial charge in [-0.2, -0.15) is 23.1 Å². The van der Waals surface area contributed by atoms with Gasteiger partial charge in [-0.05, 0) is 73.4 Å². The van der Waals surface area contributed by atoms with Crippen molar-refractivity contribution in [1.82, 2.24) is 40.3 Å². The number of tetrazole rings is 1. The average molecular weight is 637 g/mol. The van der Waals surface area contributed by atoms with Crippen molar-refractivity contribution in [3.8, 4) is 5.82 Å². The van der Waals surface area contributed by atoms with Gasteiger partial charge in [0.15, 0.2) is 11.6 Å². The standard InChI is InChI=1S/C27H25Cl2F3N8O3/c1-15-9-16(28)10-19(24(42)34-14-26(2)6-4-8-43-26)18(15)12-22(41)21-11-17(13-39-37-25(35-38-39)27(30,31)32)36-40(21)23-20(29)5-3-7-33-23/h3,5,7,9-11H,4,6,8,12-14H2,1-2H3,(H,34,42). The van der Waals surface area contributed by atoms with Crippen LogP contribution >= 0.6 is 23.2 Å². The van der Waals surface area contributed by atoms with E-state index in [1.165, 1.54) is 23.0 Å². The maximum atomic E-state index is 13.8. The van der Waals surface area contributed by atoms with Crippen molar-refractivity contribution in [2.45, 2.75) is 51.4 Å². The van der Waals surface area contributed by atoms with Gasteiger partial charge in [-0.3, -0.25) is 9.59 Å². The van der Waals surface area contributed by atoms with Gasteiger partial charge < -0.3 is 10.1 Å². The summed E-state index contributed by atoms with van der Waals surface area (Å²) in [4.78, 5) is 32.1. The molecule has 0 spiro atoms. The molecule has 0 radical (unpaired) electrons. The number of nitrogens with one attached hydrogen (secondary N) is 1. The van der Waals surface area contributed by atoms with E-state index in [0.29, 0.717) is 27.6 Å². The number of nitrogens with zero attached hydrogens (tertiary/aromatic N) is 7. The molecule has 5 rings (SSSR count). The lowest BCUT2D eigenvalue weighted by Gasteiger charge is -2.24. The van der Waals surface area contributed by atoms with Crippen LogP contribution in [-0.2, 0) is 23.9 Å². The first-order valence-electron chi connectivity index (χ1n) is 13.1. The molecule has 1 aromatic carbocycles. The molecule has 0 saturated carbocycles. The summed E-state index contributed by atoms with van der Waals surface area (Å²) >= 11 is 12.6. The Hall–Kier alpha value is -3.88. The van der Waals surface area contributed by atoms with E-state index < -0.39 is 29.3 Å². The molecule has 4 heterocycles. The number of ketones is 1. The molecule has 11 nitrogen and oxygen atoms in total. The highest BCUT2D eigenvalue weighted by atomic mass is 35.5. The molecule has 1 amide bonds. The van der Waals surface area contributed by atoms with Crippen molar-refractivity contribution < 1.29 is 27.5 Å². The van der Waals surface area contributed by atoms with Crippen LogP contribution in [0.1, 0.15) is 63.3 Å². The van der Waals surface area contributed by atoms with Crippen LogP contribution in [0, 0.1) is 6.92 Å². The Labute approximate surface area is 253 Å². The largest absolute Gasteiger partial charge is 0.455 e. The molecule has 1 saturated heterocycles. The number of aryl methyl sites for hydroxylation is 1. The van der Waals surface area contributed by atoms with E-state index in [1.807, 2.05) is 6.92 Å². The van der Waals surface area contributed by atoms with Crippen molar-refractivity contribution >= 4 is 34.9 Å². The predicted molar refractivity (Wildman–Crippen MR) is 148 cm³/mol. The number of pyridine rings is 1. The van der Waals surface area contributed by atoms with E-state index in [2.05, 4.69) is 30.8 Å². The summed E-state index contributed by atoms with van der Waals surface area (Å²) in [7, 11) is 0. The molecule has 3 aromatic heterocycles. The zero-order valence-corrected chi connectivity index (χ0v) is 24.5. The lowest BCUT2D eigenvalue weighted by molar-refractivity contribution is -0.145. The Balaban J connectivity index is 1.46. The Kier molecular flexibility index (Phi) is 8.54. The Bertz CT molecular complexity index is 1680. The second-order valence-electron chi connectivity index (χ2n) is 10.3. The van der Waals surface area contributed by atoms with E-state index >= 15 is 0 Å². The maximum Gasteiger partial charge on any atom is 0.455 e. The first-order chi connectivity index (χ1) is 20.3. The number of hydrogen-bond donors (Lipinski definition) is 1. The summed E-state index contributed by atoms with van der Waals surface area (Å²) in [6.07, 6.45) is -1.85. The number of aromatic nitrogens is 7. The second-order valence-corrected chi connectivity index (χ2v) is 11.2. The number of alkyl halides is 3. The van der Waals surface area contributed by atoms with Crippen LogP contribution in [0.25, 0.3) is 5.82 Å². The third-order valence-corrected chi connectivity index (χ3v) is 7.45. The van der Waals surface area contributed by atoms with Gasteiger partial charge in [0.2, 0.25) is 0 Å². The lowest BCUT2D eigenvalue weighted by Crippen LogP contribution is -2.40. The van der Waals surface area contributed by atoms with E-state index in [0.717, 1.165) is 12.8 Å². The number of halogens is 5. The Morgan fingerprint density at radius 3 is 2.65 bits per heavy atom. The van der Waals surface area contributed by atoms with E-state index in [9.17, 15) is 22.8 Å². The van der Waals surface area contributed by atoms with Gasteiger partial charge in [-0.25, -0.2) is 9.67 Å². The van der Waals surface area contributed by atoms with Crippen LogP contribution in [0.3, 0.4) is 0 Å². The van der Waals surface area contributed by atoms with Crippen LogP contribution in [0.2, 0.25) is 10.0 Å². The second kappa shape index (κ2) is 12.0. The molecule has 0 bridgehead atoms. The van der Waals surface area contributed by atoms with Gasteiger partial charge in [-0.15, -0.1) is 10.2 Å². The summed E-state index contributed by atoms with van der Waals surface area (Å²) in [6.45, 7) is 4.24. The predicted octanol–water partition coefficient (Wildman–Crippen LogP) is 4.66. The number of rotatable bonds is 9. The fraction of sp³-hybridized carbons (Fsp3) is 0.370. The van der Waals surface area contributed by atoms with E-state index in [-0.39, 0.29) is 47.3 Å². The molecule has 1 atom stereocenters. The van der Waals surface area contributed by atoms with Gasteiger partial charge >= 0.3 is 6.18 Å². The fourth-order valence-corrected chi connectivity index (χ4v) is 5.24. The molecule has 4 aromatic rings. The SMILES string of the molecule is Cc1cc(Cl)cc(C(=O)NCC2(C)CCCO2)c1CC(=O)c1cc(Cn2nnc(C(F)(F)F)n2)nn1-c1ncccc1Cl. The summed E-state index contributed by atoms with van der Waals surface area (Å²) in [5.74, 6) is -2.16. The van der Waals surface area contributed by atoms with Crippen LogP contribution < -0.4 is 5.32 Å². The lowest BCUT2D eigenvalue weighted by atomic mass is 9.95. The first kappa shape index (κ1) is 30.6. The number of hydrogen-bond acceptors (Lipinski definition) is 8. The molecule has 1 aliphatic rings. The van der Waals surface area contributed by atoms with Gasteiger partial charge in [0.1, 0.15) is 12.2 Å². The Morgan fingerprint density at radius 2 is 1.98 bits per heavy atom. The molecule has 0 aliphatic carbocycles. The normalized spacial score (nSPS) is 16.9. The summed E-state index contributed by atoms with van der Waals surface area (Å²) < 4.78 is 45.9. The first-order valence-corrected chi connectivity index (χ1v) is 13.9. The molecule has 16 heteroatoms. The molecular weight excluding hydrogens is 612 g/mol. The third kappa shape index (κ3) is 6.86. The topological polar surface area (TPSA) is 130 Å². The van der Waals surface area contributed by atoms with E-state index in [4.69, 9.17) is 27.9 Å². The monoisotopic (exact) mass is 636 g/mol. The molecule has 1 fully saturated rings. The molecule has 1 aliphatic heterocycles. The highest BCUT2D eigenvalue weighted by molar-refractivity contribution is 6.32. The van der Waals surface area contributed by atoms with Gasteiger partial charge in [0.05, 0.1) is 16.3 Å². The molecule has 1 N–H and O–H groups in total. The molecule has 43 heavy (non-hydrogen) atoms. The van der Waals surface area contributed by atoms with Gasteiger partial charge in [0, 0.05) is 36.4 Å². The summed E-state index contributed by atoms with van der Waals surface area (Å²) in [5, 5.41) is 17.6. The van der Waals surface area contributed by atoms with Crippen LogP contribution in [0.5, 0.6) is 0 Å². The number of carbonyl (C=O) groups excluding carboxylic acids is 2. The zero-order valence-electron chi connectivity index (χ0n) is 23.0. The van der Waals surface area contributed by atoms with Crippen LogP contribution in [-0.4, -0.2) is 65.4 Å². The van der Waals surface area contributed by atoms with E-state index in [1.54, 1.807) is 25.1 Å². The minimum Gasteiger partial charge on any atom is -0.373 e. The number of amides is 1. The minimum absolute atomic E-state index is 0.0272. The number of Topliss-reactive ketones (excluding diaryl/α,β-unsaturated/α-hetero) is 1. The quantitative estimate of drug-likeness (QED) is 0.263. The van der Waals surface area contributed by atoms with Crippen molar-refractivity contribution in [2.75, 3.05) is 13.2 Å². The fourth-order valence-electron chi connectivity index (χ4n) is 4.77. The summed E-state index contributed by atoms with van der Waals surface area (Å²) in [5.41, 5.74) is 0.977.